The molecule has 1 aromatic carbocycles. The number of nitrogens with zero attached hydrogens (tertiary/aromatic N) is 4. The van der Waals surface area contributed by atoms with Crippen molar-refractivity contribution in [3.05, 3.63) is 60.2 Å². The highest BCUT2D eigenvalue weighted by atomic mass is 16.5. The Morgan fingerprint density at radius 1 is 1.10 bits per heavy atom. The molecule has 0 saturated carbocycles. The van der Waals surface area contributed by atoms with Crippen molar-refractivity contribution in [3.63, 3.8) is 0 Å². The molecule has 1 amide bonds. The van der Waals surface area contributed by atoms with Crippen LogP contribution in [0.1, 0.15) is 36.6 Å². The molecule has 162 valence electrons. The predicted molar refractivity (Wildman–Crippen MR) is 118 cm³/mol. The molecule has 1 fully saturated rings. The molecule has 1 aliphatic heterocycles. The van der Waals surface area contributed by atoms with Gasteiger partial charge in [0.2, 0.25) is 5.91 Å². The van der Waals surface area contributed by atoms with Gasteiger partial charge in [-0.15, -0.1) is 0 Å². The van der Waals surface area contributed by atoms with Crippen LogP contribution < -0.4 is 9.47 Å². The number of benzene rings is 1. The molecule has 0 aliphatic carbocycles. The first-order chi connectivity index (χ1) is 15.1. The number of hydrogen-bond donors (Lipinski definition) is 0. The monoisotopic (exact) mass is 420 g/mol. The van der Waals surface area contributed by atoms with Crippen LogP contribution in [-0.4, -0.2) is 46.3 Å². The van der Waals surface area contributed by atoms with E-state index in [1.54, 1.807) is 26.6 Å². The largest absolute Gasteiger partial charge is 0.493 e. The molecule has 4 rings (SSSR count). The molecule has 1 aliphatic rings. The number of piperidine rings is 1. The van der Waals surface area contributed by atoms with Crippen LogP contribution in [0.15, 0.2) is 48.9 Å². The van der Waals surface area contributed by atoms with Gasteiger partial charge >= 0.3 is 0 Å². The molecule has 0 bridgehead atoms. The van der Waals surface area contributed by atoms with E-state index in [0.29, 0.717) is 17.9 Å². The normalized spacial score (nSPS) is 16.2. The van der Waals surface area contributed by atoms with Gasteiger partial charge in [-0.05, 0) is 54.7 Å². The maximum absolute atomic E-state index is 13.4. The van der Waals surface area contributed by atoms with Gasteiger partial charge in [0.15, 0.2) is 11.5 Å². The smallest absolute Gasteiger partial charge is 0.227 e. The SMILES string of the molecule is COc1ccc(CC(=O)N2CCCCC2c2nn(C)cc2-c2ccncc2)cc1OC. The van der Waals surface area contributed by atoms with E-state index >= 15 is 0 Å². The minimum Gasteiger partial charge on any atom is -0.493 e. The van der Waals surface area contributed by atoms with Crippen LogP contribution in [0.3, 0.4) is 0 Å². The van der Waals surface area contributed by atoms with E-state index < -0.39 is 0 Å². The lowest BCUT2D eigenvalue weighted by Gasteiger charge is -2.35. The fourth-order valence-electron chi connectivity index (χ4n) is 4.29. The standard InChI is InChI=1S/C24H28N4O3/c1-27-16-19(18-9-11-25-12-10-18)24(26-27)20-6-4-5-13-28(20)23(29)15-17-7-8-21(30-2)22(14-17)31-3/h7-12,14,16,20H,4-6,13,15H2,1-3H3. The first kappa shape index (κ1) is 20.9. The topological polar surface area (TPSA) is 69.5 Å². The van der Waals surface area contributed by atoms with Crippen molar-refractivity contribution < 1.29 is 14.3 Å². The molecule has 7 heteroatoms. The quantitative estimate of drug-likeness (QED) is 0.607. The van der Waals surface area contributed by atoms with Gasteiger partial charge in [0.1, 0.15) is 0 Å². The first-order valence-electron chi connectivity index (χ1n) is 10.5. The number of carbonyl (C=O) groups is 1. The average Bonchev–Trinajstić information content (AvgIpc) is 3.21. The molecule has 3 heterocycles. The summed E-state index contributed by atoms with van der Waals surface area (Å²) in [6.07, 6.45) is 8.90. The number of pyridine rings is 1. The minimum absolute atomic E-state index is 0.0363. The van der Waals surface area contributed by atoms with Gasteiger partial charge in [0.25, 0.3) is 0 Å². The molecule has 0 radical (unpaired) electrons. The van der Waals surface area contributed by atoms with Crippen molar-refractivity contribution in [1.82, 2.24) is 19.7 Å². The van der Waals surface area contributed by atoms with Gasteiger partial charge in [-0.2, -0.15) is 5.10 Å². The summed E-state index contributed by atoms with van der Waals surface area (Å²) in [5, 5.41) is 4.77. The van der Waals surface area contributed by atoms with Gasteiger partial charge in [-0.25, -0.2) is 0 Å². The summed E-state index contributed by atoms with van der Waals surface area (Å²) >= 11 is 0. The zero-order valence-electron chi connectivity index (χ0n) is 18.2. The summed E-state index contributed by atoms with van der Waals surface area (Å²) in [6.45, 7) is 0.739. The zero-order valence-corrected chi connectivity index (χ0v) is 18.2. The Labute approximate surface area is 182 Å². The third kappa shape index (κ3) is 4.40. The number of likely N-dealkylation sites (tertiary alicyclic amines) is 1. The summed E-state index contributed by atoms with van der Waals surface area (Å²) in [5.74, 6) is 1.39. The van der Waals surface area contributed by atoms with Crippen LogP contribution in [0.4, 0.5) is 0 Å². The van der Waals surface area contributed by atoms with E-state index in [4.69, 9.17) is 14.6 Å². The summed E-state index contributed by atoms with van der Waals surface area (Å²) < 4.78 is 12.5. The van der Waals surface area contributed by atoms with Gasteiger partial charge in [-0.3, -0.25) is 14.5 Å². The lowest BCUT2D eigenvalue weighted by atomic mass is 9.94. The van der Waals surface area contributed by atoms with Crippen LogP contribution >= 0.6 is 0 Å². The molecule has 0 N–H and O–H groups in total. The van der Waals surface area contributed by atoms with E-state index in [1.807, 2.05) is 53.2 Å². The lowest BCUT2D eigenvalue weighted by Crippen LogP contribution is -2.39. The molecule has 31 heavy (non-hydrogen) atoms. The molecule has 1 saturated heterocycles. The maximum Gasteiger partial charge on any atom is 0.227 e. The van der Waals surface area contributed by atoms with Crippen LogP contribution in [0, 0.1) is 0 Å². The van der Waals surface area contributed by atoms with E-state index in [9.17, 15) is 4.79 Å². The summed E-state index contributed by atoms with van der Waals surface area (Å²) in [5.41, 5.74) is 3.98. The Morgan fingerprint density at radius 3 is 2.61 bits per heavy atom. The molecule has 1 unspecified atom stereocenters. The van der Waals surface area contributed by atoms with Crippen LogP contribution in [0.25, 0.3) is 11.1 Å². The summed E-state index contributed by atoms with van der Waals surface area (Å²) in [7, 11) is 5.13. The molecule has 0 spiro atoms. The lowest BCUT2D eigenvalue weighted by molar-refractivity contribution is -0.134. The molecule has 7 nitrogen and oxygen atoms in total. The third-order valence-electron chi connectivity index (χ3n) is 5.79. The Bertz CT molecular complexity index is 1050. The number of hydrogen-bond acceptors (Lipinski definition) is 5. The number of ether oxygens (including phenoxy) is 2. The van der Waals surface area contributed by atoms with Crippen molar-refractivity contribution >= 4 is 5.91 Å². The van der Waals surface area contributed by atoms with Crippen LogP contribution in [0.5, 0.6) is 11.5 Å². The minimum atomic E-state index is -0.0363. The Hall–Kier alpha value is -3.35. The summed E-state index contributed by atoms with van der Waals surface area (Å²) in [4.78, 5) is 19.5. The molecule has 3 aromatic rings. The highest BCUT2D eigenvalue weighted by Crippen LogP contribution is 2.36. The average molecular weight is 421 g/mol. The van der Waals surface area contributed by atoms with Crippen molar-refractivity contribution in [1.29, 1.82) is 0 Å². The Balaban J connectivity index is 1.61. The van der Waals surface area contributed by atoms with E-state index in [-0.39, 0.29) is 11.9 Å². The number of methoxy groups -OCH3 is 2. The number of rotatable bonds is 6. The fraction of sp³-hybridized carbons (Fsp3) is 0.375. The number of aryl methyl sites for hydroxylation is 1. The van der Waals surface area contributed by atoms with Crippen molar-refractivity contribution in [2.75, 3.05) is 20.8 Å². The number of amides is 1. The Morgan fingerprint density at radius 2 is 1.87 bits per heavy atom. The zero-order chi connectivity index (χ0) is 21.8. The van der Waals surface area contributed by atoms with Gasteiger partial charge in [-0.1, -0.05) is 6.07 Å². The maximum atomic E-state index is 13.4. The van der Waals surface area contributed by atoms with Crippen LogP contribution in [0.2, 0.25) is 0 Å². The highest BCUT2D eigenvalue weighted by molar-refractivity contribution is 5.80. The molecule has 2 aromatic heterocycles. The Kier molecular flexibility index (Phi) is 6.21. The first-order valence-corrected chi connectivity index (χ1v) is 10.5. The molecular weight excluding hydrogens is 392 g/mol. The fourth-order valence-corrected chi connectivity index (χ4v) is 4.29. The van der Waals surface area contributed by atoms with Crippen molar-refractivity contribution in [3.8, 4) is 22.6 Å². The second-order valence-corrected chi connectivity index (χ2v) is 7.80. The van der Waals surface area contributed by atoms with Gasteiger partial charge in [0.05, 0.1) is 32.4 Å². The molecular formula is C24H28N4O3. The van der Waals surface area contributed by atoms with Crippen molar-refractivity contribution in [2.24, 2.45) is 7.05 Å². The van der Waals surface area contributed by atoms with E-state index in [2.05, 4.69) is 4.98 Å². The molecule has 1 atom stereocenters. The predicted octanol–water partition coefficient (Wildman–Crippen LogP) is 3.80. The second kappa shape index (κ2) is 9.20. The summed E-state index contributed by atoms with van der Waals surface area (Å²) in [6, 6.07) is 9.57. The van der Waals surface area contributed by atoms with Gasteiger partial charge < -0.3 is 14.4 Å². The second-order valence-electron chi connectivity index (χ2n) is 7.80. The van der Waals surface area contributed by atoms with E-state index in [1.165, 1.54) is 0 Å². The highest BCUT2D eigenvalue weighted by Gasteiger charge is 2.32. The van der Waals surface area contributed by atoms with E-state index in [0.717, 1.165) is 48.2 Å². The van der Waals surface area contributed by atoms with Gasteiger partial charge in [0, 0.05) is 37.7 Å². The van der Waals surface area contributed by atoms with Crippen molar-refractivity contribution in [2.45, 2.75) is 31.7 Å². The number of carbonyl (C=O) groups excluding carboxylic acids is 1. The number of aromatic nitrogens is 3. The third-order valence-corrected chi connectivity index (χ3v) is 5.79. The van der Waals surface area contributed by atoms with Crippen LogP contribution in [-0.2, 0) is 18.3 Å².